The summed E-state index contributed by atoms with van der Waals surface area (Å²) in [5.74, 6) is 1.62. The second kappa shape index (κ2) is 6.81. The molecule has 96 valence electrons. The number of anilines is 1. The quantitative estimate of drug-likeness (QED) is 0.812. The van der Waals surface area contributed by atoms with Crippen molar-refractivity contribution in [2.24, 2.45) is 0 Å². The smallest absolute Gasteiger partial charge is 0.130 e. The lowest BCUT2D eigenvalue weighted by atomic mass is 10.2. The molecule has 1 heterocycles. The van der Waals surface area contributed by atoms with E-state index >= 15 is 0 Å². The van der Waals surface area contributed by atoms with Gasteiger partial charge in [-0.15, -0.1) is 0 Å². The normalized spacial score (nSPS) is 14.4. The van der Waals surface area contributed by atoms with E-state index in [2.05, 4.69) is 29.1 Å². The van der Waals surface area contributed by atoms with Crippen molar-refractivity contribution in [3.05, 3.63) is 17.6 Å². The molecule has 1 aromatic heterocycles. The molecule has 0 saturated carbocycles. The van der Waals surface area contributed by atoms with Gasteiger partial charge in [-0.3, -0.25) is 0 Å². The Hall–Kier alpha value is -0.810. The molecule has 0 bridgehead atoms. The van der Waals surface area contributed by atoms with Crippen LogP contribution in [0.4, 0.5) is 5.82 Å². The number of hydrogen-bond acceptors (Lipinski definition) is 5. The Labute approximate surface area is 107 Å². The zero-order valence-electron chi connectivity index (χ0n) is 10.9. The summed E-state index contributed by atoms with van der Waals surface area (Å²) in [6.07, 6.45) is 2.90. The molecular formula is C12H21N3OS. The first-order valence-corrected chi connectivity index (χ1v) is 7.14. The van der Waals surface area contributed by atoms with Crippen LogP contribution >= 0.6 is 11.8 Å². The molecule has 17 heavy (non-hydrogen) atoms. The number of nitrogens with zero attached hydrogens (tertiary/aromatic N) is 2. The van der Waals surface area contributed by atoms with Crippen molar-refractivity contribution < 1.29 is 5.11 Å². The number of aromatic nitrogens is 2. The van der Waals surface area contributed by atoms with Gasteiger partial charge in [-0.1, -0.05) is 6.92 Å². The summed E-state index contributed by atoms with van der Waals surface area (Å²) in [4.78, 5) is 8.70. The number of aryl methyl sites for hydroxylation is 2. The first-order chi connectivity index (χ1) is 8.10. The number of aliphatic hydroxyl groups excluding tert-OH is 1. The lowest BCUT2D eigenvalue weighted by Crippen LogP contribution is -2.31. The summed E-state index contributed by atoms with van der Waals surface area (Å²) in [5.41, 5.74) is 1.04. The molecule has 0 aromatic carbocycles. The second-order valence-electron chi connectivity index (χ2n) is 4.04. The molecule has 0 aliphatic rings. The van der Waals surface area contributed by atoms with Gasteiger partial charge in [-0.05, 0) is 26.5 Å². The molecule has 0 saturated heterocycles. The van der Waals surface area contributed by atoms with E-state index in [0.717, 1.165) is 23.8 Å². The van der Waals surface area contributed by atoms with Gasteiger partial charge in [0, 0.05) is 23.1 Å². The summed E-state index contributed by atoms with van der Waals surface area (Å²) in [5, 5.41) is 12.7. The third-order valence-corrected chi connectivity index (χ3v) is 3.83. The molecule has 0 aliphatic heterocycles. The average molecular weight is 255 g/mol. The van der Waals surface area contributed by atoms with E-state index < -0.39 is 0 Å². The van der Waals surface area contributed by atoms with Crippen molar-refractivity contribution in [2.75, 3.05) is 18.2 Å². The van der Waals surface area contributed by atoms with Crippen LogP contribution in [0.1, 0.15) is 25.4 Å². The number of aliphatic hydroxyl groups is 1. The van der Waals surface area contributed by atoms with E-state index in [1.165, 1.54) is 0 Å². The van der Waals surface area contributed by atoms with Crippen molar-refractivity contribution >= 4 is 17.6 Å². The molecule has 1 rings (SSSR count). The molecule has 0 amide bonds. The first kappa shape index (κ1) is 14.3. The summed E-state index contributed by atoms with van der Waals surface area (Å²) >= 11 is 1.66. The molecule has 0 fully saturated rings. The number of thioether (sulfide) groups is 1. The summed E-state index contributed by atoms with van der Waals surface area (Å²) in [7, 11) is 0. The summed E-state index contributed by atoms with van der Waals surface area (Å²) in [6.45, 7) is 6.20. The molecular weight excluding hydrogens is 234 g/mol. The van der Waals surface area contributed by atoms with Gasteiger partial charge in [-0.25, -0.2) is 9.97 Å². The van der Waals surface area contributed by atoms with Crippen LogP contribution in [0.15, 0.2) is 6.07 Å². The molecule has 0 aliphatic carbocycles. The standard InChI is InChI=1S/C12H21N3OS/c1-5-10-6-12(15-9(3)14-10)13-8(2)11(7-16)17-4/h6,8,11,16H,5,7H2,1-4H3,(H,13,14,15). The van der Waals surface area contributed by atoms with E-state index in [-0.39, 0.29) is 17.9 Å². The monoisotopic (exact) mass is 255 g/mol. The Morgan fingerprint density at radius 1 is 1.47 bits per heavy atom. The first-order valence-electron chi connectivity index (χ1n) is 5.85. The number of rotatable bonds is 6. The SMILES string of the molecule is CCc1cc(NC(C)C(CO)SC)nc(C)n1. The minimum absolute atomic E-state index is 0.167. The molecule has 1 aromatic rings. The van der Waals surface area contributed by atoms with Gasteiger partial charge in [0.05, 0.1) is 6.61 Å². The zero-order valence-corrected chi connectivity index (χ0v) is 11.7. The van der Waals surface area contributed by atoms with Crippen LogP contribution in [-0.2, 0) is 6.42 Å². The third-order valence-electron chi connectivity index (χ3n) is 2.67. The maximum absolute atomic E-state index is 9.24. The van der Waals surface area contributed by atoms with Gasteiger partial charge < -0.3 is 10.4 Å². The zero-order chi connectivity index (χ0) is 12.8. The van der Waals surface area contributed by atoms with Crippen LogP contribution in [-0.4, -0.2) is 39.2 Å². The minimum atomic E-state index is 0.167. The van der Waals surface area contributed by atoms with Crippen molar-refractivity contribution in [2.45, 2.75) is 38.5 Å². The molecule has 2 atom stereocenters. The van der Waals surface area contributed by atoms with Gasteiger partial charge in [0.25, 0.3) is 0 Å². The second-order valence-corrected chi connectivity index (χ2v) is 5.11. The summed E-state index contributed by atoms with van der Waals surface area (Å²) in [6, 6.07) is 2.15. The highest BCUT2D eigenvalue weighted by Crippen LogP contribution is 2.15. The highest BCUT2D eigenvalue weighted by atomic mass is 32.2. The maximum atomic E-state index is 9.24. The van der Waals surface area contributed by atoms with E-state index in [0.29, 0.717) is 0 Å². The molecule has 4 nitrogen and oxygen atoms in total. The van der Waals surface area contributed by atoms with Crippen LogP contribution in [0.5, 0.6) is 0 Å². The maximum Gasteiger partial charge on any atom is 0.130 e. The van der Waals surface area contributed by atoms with Crippen molar-refractivity contribution in [3.63, 3.8) is 0 Å². The fraction of sp³-hybridized carbons (Fsp3) is 0.667. The average Bonchev–Trinajstić information content (AvgIpc) is 2.29. The Kier molecular flexibility index (Phi) is 5.71. The third kappa shape index (κ3) is 4.16. The van der Waals surface area contributed by atoms with Gasteiger partial charge >= 0.3 is 0 Å². The minimum Gasteiger partial charge on any atom is -0.395 e. The van der Waals surface area contributed by atoms with Crippen molar-refractivity contribution in [3.8, 4) is 0 Å². The van der Waals surface area contributed by atoms with Gasteiger partial charge in [0.2, 0.25) is 0 Å². The van der Waals surface area contributed by atoms with Gasteiger partial charge in [0.1, 0.15) is 11.6 Å². The largest absolute Gasteiger partial charge is 0.395 e. The van der Waals surface area contributed by atoms with Crippen LogP contribution in [0.2, 0.25) is 0 Å². The van der Waals surface area contributed by atoms with E-state index in [1.807, 2.05) is 19.2 Å². The number of hydrogen-bond donors (Lipinski definition) is 2. The van der Waals surface area contributed by atoms with Crippen molar-refractivity contribution in [1.82, 2.24) is 9.97 Å². The van der Waals surface area contributed by atoms with E-state index in [1.54, 1.807) is 11.8 Å². The molecule has 0 spiro atoms. The van der Waals surface area contributed by atoms with E-state index in [9.17, 15) is 5.11 Å². The predicted octanol–water partition coefficient (Wildman–Crippen LogP) is 1.87. The predicted molar refractivity (Wildman–Crippen MR) is 73.6 cm³/mol. The van der Waals surface area contributed by atoms with Crippen LogP contribution in [0.25, 0.3) is 0 Å². The van der Waals surface area contributed by atoms with Gasteiger partial charge in [-0.2, -0.15) is 11.8 Å². The topological polar surface area (TPSA) is 58.0 Å². The Morgan fingerprint density at radius 2 is 2.18 bits per heavy atom. The molecule has 2 unspecified atom stereocenters. The lowest BCUT2D eigenvalue weighted by Gasteiger charge is -2.22. The highest BCUT2D eigenvalue weighted by Gasteiger charge is 2.15. The van der Waals surface area contributed by atoms with Crippen LogP contribution < -0.4 is 5.32 Å². The fourth-order valence-electron chi connectivity index (χ4n) is 1.65. The Morgan fingerprint density at radius 3 is 2.71 bits per heavy atom. The lowest BCUT2D eigenvalue weighted by molar-refractivity contribution is 0.288. The van der Waals surface area contributed by atoms with Crippen LogP contribution in [0.3, 0.4) is 0 Å². The molecule has 2 N–H and O–H groups in total. The highest BCUT2D eigenvalue weighted by molar-refractivity contribution is 7.99. The van der Waals surface area contributed by atoms with E-state index in [4.69, 9.17) is 0 Å². The Balaban J connectivity index is 2.76. The fourth-order valence-corrected chi connectivity index (χ4v) is 2.27. The van der Waals surface area contributed by atoms with Crippen LogP contribution in [0, 0.1) is 6.92 Å². The van der Waals surface area contributed by atoms with Gasteiger partial charge in [0.15, 0.2) is 0 Å². The Bertz CT molecular complexity index is 356. The van der Waals surface area contributed by atoms with Crippen molar-refractivity contribution in [1.29, 1.82) is 0 Å². The summed E-state index contributed by atoms with van der Waals surface area (Å²) < 4.78 is 0. The molecule has 0 radical (unpaired) electrons. The number of nitrogens with one attached hydrogen (secondary N) is 1. The molecule has 5 heteroatoms.